The van der Waals surface area contributed by atoms with Gasteiger partial charge in [-0.3, -0.25) is 9.69 Å². The summed E-state index contributed by atoms with van der Waals surface area (Å²) in [6.07, 6.45) is 3.87. The second kappa shape index (κ2) is 9.22. The third-order valence-electron chi connectivity index (χ3n) is 5.65. The first kappa shape index (κ1) is 20.3. The van der Waals surface area contributed by atoms with Crippen LogP contribution < -0.4 is 4.90 Å². The lowest BCUT2D eigenvalue weighted by Crippen LogP contribution is -2.48. The summed E-state index contributed by atoms with van der Waals surface area (Å²) in [5.74, 6) is 0.664. The molecule has 0 radical (unpaired) electrons. The standard InChI is InChI=1S/C24H26FN3O2/c1-18-6-4-10-23(26-18)28(24(29)22-9-5-17-30-22)20-12-15-27(16-13-20)14-11-19-7-2-3-8-21(19)25/h2-10,17,20H,11-16H2,1H3/i25-1. The minimum atomic E-state index is -0.164. The number of pyridine rings is 1. The van der Waals surface area contributed by atoms with Crippen LogP contribution in [0.1, 0.15) is 34.7 Å². The maximum Gasteiger partial charge on any atom is 0.295 e. The van der Waals surface area contributed by atoms with Crippen molar-refractivity contribution in [3.63, 3.8) is 0 Å². The highest BCUT2D eigenvalue weighted by Crippen LogP contribution is 2.25. The van der Waals surface area contributed by atoms with E-state index in [2.05, 4.69) is 9.88 Å². The summed E-state index contributed by atoms with van der Waals surface area (Å²) in [5, 5.41) is 0. The Morgan fingerprint density at radius 2 is 1.93 bits per heavy atom. The van der Waals surface area contributed by atoms with Crippen LogP contribution in [-0.2, 0) is 6.42 Å². The number of anilines is 1. The van der Waals surface area contributed by atoms with E-state index in [-0.39, 0.29) is 17.8 Å². The minimum Gasteiger partial charge on any atom is -0.459 e. The Labute approximate surface area is 176 Å². The number of carbonyl (C=O) groups excluding carboxylic acids is 1. The van der Waals surface area contributed by atoms with Crippen LogP contribution in [0.4, 0.5) is 10.2 Å². The number of rotatable bonds is 6. The SMILES string of the molecule is Cc1cccc(N(C(=O)c2ccco2)C2CCN(CCc3ccccc3[18F])CC2)n1. The second-order valence-corrected chi connectivity index (χ2v) is 7.70. The molecule has 1 saturated heterocycles. The number of halogens is 1. The van der Waals surface area contributed by atoms with Gasteiger partial charge in [-0.1, -0.05) is 24.3 Å². The van der Waals surface area contributed by atoms with Gasteiger partial charge in [0.15, 0.2) is 5.76 Å². The fourth-order valence-corrected chi connectivity index (χ4v) is 4.02. The number of furan rings is 1. The van der Waals surface area contributed by atoms with Crippen LogP contribution >= 0.6 is 0 Å². The lowest BCUT2D eigenvalue weighted by Gasteiger charge is -2.37. The molecule has 2 aromatic heterocycles. The number of aromatic nitrogens is 1. The molecular formula is C24H26FN3O2. The van der Waals surface area contributed by atoms with Gasteiger partial charge in [0.1, 0.15) is 11.6 Å². The number of aryl methyl sites for hydroxylation is 1. The number of hydrogen-bond donors (Lipinski definition) is 0. The summed E-state index contributed by atoms with van der Waals surface area (Å²) >= 11 is 0. The second-order valence-electron chi connectivity index (χ2n) is 7.70. The Kier molecular flexibility index (Phi) is 6.23. The van der Waals surface area contributed by atoms with Crippen LogP contribution in [0.3, 0.4) is 0 Å². The van der Waals surface area contributed by atoms with Crippen LogP contribution in [0, 0.1) is 12.7 Å². The molecule has 0 unspecified atom stereocenters. The highest BCUT2D eigenvalue weighted by Gasteiger charge is 2.31. The lowest BCUT2D eigenvalue weighted by atomic mass is 10.0. The molecule has 4 rings (SSSR count). The number of carbonyl (C=O) groups is 1. The number of piperidine rings is 1. The predicted octanol–water partition coefficient (Wildman–Crippen LogP) is 4.48. The number of nitrogens with zero attached hydrogens (tertiary/aromatic N) is 3. The summed E-state index contributed by atoms with van der Waals surface area (Å²) in [6, 6.07) is 16.1. The zero-order valence-corrected chi connectivity index (χ0v) is 17.1. The van der Waals surface area contributed by atoms with Gasteiger partial charge >= 0.3 is 0 Å². The van der Waals surface area contributed by atoms with Crippen molar-refractivity contribution < 1.29 is 13.6 Å². The Morgan fingerprint density at radius 1 is 1.13 bits per heavy atom. The monoisotopic (exact) mass is 406 g/mol. The molecule has 1 fully saturated rings. The molecular weight excluding hydrogens is 380 g/mol. The normalized spacial score (nSPS) is 15.3. The zero-order chi connectivity index (χ0) is 20.9. The van der Waals surface area contributed by atoms with Gasteiger partial charge in [-0.25, -0.2) is 9.37 Å². The third-order valence-corrected chi connectivity index (χ3v) is 5.65. The van der Waals surface area contributed by atoms with E-state index in [9.17, 15) is 9.18 Å². The van der Waals surface area contributed by atoms with E-state index < -0.39 is 0 Å². The fraction of sp³-hybridized carbons (Fsp3) is 0.333. The first-order valence-electron chi connectivity index (χ1n) is 10.4. The summed E-state index contributed by atoms with van der Waals surface area (Å²) in [4.78, 5) is 21.9. The van der Waals surface area contributed by atoms with Crippen molar-refractivity contribution in [3.05, 3.63) is 83.7 Å². The summed E-state index contributed by atoms with van der Waals surface area (Å²) in [6.45, 7) is 4.44. The smallest absolute Gasteiger partial charge is 0.295 e. The first-order valence-corrected chi connectivity index (χ1v) is 10.4. The Balaban J connectivity index is 1.44. The molecule has 1 aliphatic heterocycles. The van der Waals surface area contributed by atoms with Crippen LogP contribution in [0.5, 0.6) is 0 Å². The molecule has 3 heterocycles. The molecule has 6 heteroatoms. The molecule has 5 nitrogen and oxygen atoms in total. The highest BCUT2D eigenvalue weighted by atomic mass is 18.2. The van der Waals surface area contributed by atoms with Gasteiger partial charge in [0.05, 0.1) is 6.26 Å². The van der Waals surface area contributed by atoms with Crippen LogP contribution in [0.2, 0.25) is 0 Å². The van der Waals surface area contributed by atoms with Gasteiger partial charge in [0.2, 0.25) is 0 Å². The maximum atomic E-state index is 13.9. The van der Waals surface area contributed by atoms with Crippen molar-refractivity contribution in [2.75, 3.05) is 24.5 Å². The number of likely N-dealkylation sites (tertiary alicyclic amines) is 1. The third kappa shape index (κ3) is 4.60. The molecule has 0 N–H and O–H groups in total. The molecule has 30 heavy (non-hydrogen) atoms. The molecule has 3 aromatic rings. The average molecular weight is 406 g/mol. The van der Waals surface area contributed by atoms with E-state index in [1.807, 2.05) is 37.3 Å². The van der Waals surface area contributed by atoms with Gasteiger partial charge in [-0.05, 0) is 62.1 Å². The first-order chi connectivity index (χ1) is 14.6. The molecule has 0 atom stereocenters. The summed E-state index contributed by atoms with van der Waals surface area (Å²) in [7, 11) is 0. The van der Waals surface area contributed by atoms with E-state index in [1.54, 1.807) is 23.1 Å². The molecule has 1 aromatic carbocycles. The molecule has 1 aliphatic rings. The van der Waals surface area contributed by atoms with Gasteiger partial charge in [-0.15, -0.1) is 0 Å². The van der Waals surface area contributed by atoms with Crippen molar-refractivity contribution in [1.29, 1.82) is 0 Å². The van der Waals surface area contributed by atoms with Crippen molar-refractivity contribution in [2.45, 2.75) is 32.2 Å². The fourth-order valence-electron chi connectivity index (χ4n) is 4.02. The van der Waals surface area contributed by atoms with E-state index in [0.29, 0.717) is 18.0 Å². The molecule has 156 valence electrons. The molecule has 0 bridgehead atoms. The molecule has 1 amide bonds. The number of hydrogen-bond acceptors (Lipinski definition) is 4. The summed E-state index contributed by atoms with van der Waals surface area (Å²) in [5.41, 5.74) is 1.62. The molecule has 0 spiro atoms. The minimum absolute atomic E-state index is 0.0432. The Morgan fingerprint density at radius 3 is 2.63 bits per heavy atom. The number of amides is 1. The lowest BCUT2D eigenvalue weighted by molar-refractivity contribution is 0.0932. The van der Waals surface area contributed by atoms with E-state index >= 15 is 0 Å². The van der Waals surface area contributed by atoms with Crippen molar-refractivity contribution in [1.82, 2.24) is 9.88 Å². The van der Waals surface area contributed by atoms with Crippen molar-refractivity contribution >= 4 is 11.7 Å². The topological polar surface area (TPSA) is 49.6 Å². The van der Waals surface area contributed by atoms with Gasteiger partial charge in [0, 0.05) is 31.4 Å². The number of benzene rings is 1. The molecule has 0 saturated carbocycles. The van der Waals surface area contributed by atoms with Gasteiger partial charge in [-0.2, -0.15) is 0 Å². The van der Waals surface area contributed by atoms with E-state index in [4.69, 9.17) is 4.42 Å². The quantitative estimate of drug-likeness (QED) is 0.606. The van der Waals surface area contributed by atoms with Crippen molar-refractivity contribution in [2.24, 2.45) is 0 Å². The van der Waals surface area contributed by atoms with Gasteiger partial charge in [0.25, 0.3) is 5.91 Å². The van der Waals surface area contributed by atoms with Crippen LogP contribution in [-0.4, -0.2) is 41.5 Å². The largest absolute Gasteiger partial charge is 0.459 e. The Hall–Kier alpha value is -2.99. The molecule has 0 aliphatic carbocycles. The summed E-state index contributed by atoms with van der Waals surface area (Å²) < 4.78 is 19.3. The van der Waals surface area contributed by atoms with Crippen LogP contribution in [0.15, 0.2) is 65.3 Å². The van der Waals surface area contributed by atoms with Gasteiger partial charge < -0.3 is 9.32 Å². The Bertz CT molecular complexity index is 982. The van der Waals surface area contributed by atoms with Crippen molar-refractivity contribution in [3.8, 4) is 0 Å². The zero-order valence-electron chi connectivity index (χ0n) is 17.1. The van der Waals surface area contributed by atoms with E-state index in [1.165, 1.54) is 12.3 Å². The average Bonchev–Trinajstić information content (AvgIpc) is 3.29. The van der Waals surface area contributed by atoms with E-state index in [0.717, 1.165) is 43.7 Å². The van der Waals surface area contributed by atoms with Crippen LogP contribution in [0.25, 0.3) is 0 Å². The maximum absolute atomic E-state index is 13.9. The highest BCUT2D eigenvalue weighted by molar-refractivity contribution is 6.04. The predicted molar refractivity (Wildman–Crippen MR) is 114 cm³/mol.